The minimum absolute atomic E-state index is 0.0116. The second kappa shape index (κ2) is 25.2. The third kappa shape index (κ3) is 14.6. The summed E-state index contributed by atoms with van der Waals surface area (Å²) in [6.07, 6.45) is 9.56. The van der Waals surface area contributed by atoms with E-state index in [1.807, 2.05) is 67.3 Å². The van der Waals surface area contributed by atoms with Crippen molar-refractivity contribution in [2.24, 2.45) is 4.99 Å². The van der Waals surface area contributed by atoms with Crippen LogP contribution in [0.25, 0.3) is 6.08 Å². The van der Waals surface area contributed by atoms with E-state index in [9.17, 15) is 24.0 Å². The first-order chi connectivity index (χ1) is 30.9. The number of rotatable bonds is 23. The van der Waals surface area contributed by atoms with E-state index in [-0.39, 0.29) is 41.5 Å². The molecule has 2 aromatic carbocycles. The minimum atomic E-state index is -1.53. The Bertz CT molecular complexity index is 2270. The standard InChI is InChI=1S/C48H64N7O8P/c1-7-49-33-61-64(55(34(2)3)35(4)5)63-42-30-46(62-36(42)6)54-32-40(47(59)52-48(54)60)26-27-44(57)51-29-17-9-8-16-28-50-43(56)22-14-15-23-45(58)53-31-39-20-11-10-18-37(39)24-25-38-19-12-13-21-41(38)53/h10-13,18-21,26-27,32-36,42,46H,7-9,14-17,22-23,28-31H2,1-6H3,(H,50,56)(H,51,57)(H,52,59,60)/b27-26+,49-33?/t36-,42-,46-,64?/m1/s1. The van der Waals surface area contributed by atoms with E-state index in [4.69, 9.17) is 13.8 Å². The van der Waals surface area contributed by atoms with E-state index >= 15 is 0 Å². The number of hydrogen-bond donors (Lipinski definition) is 3. The van der Waals surface area contributed by atoms with Crippen molar-refractivity contribution >= 4 is 44.4 Å². The molecule has 1 fully saturated rings. The van der Waals surface area contributed by atoms with Crippen LogP contribution in [0.1, 0.15) is 128 Å². The van der Waals surface area contributed by atoms with Gasteiger partial charge in [0.05, 0.1) is 30.0 Å². The fourth-order valence-electron chi connectivity index (χ4n) is 7.55. The lowest BCUT2D eigenvalue weighted by Crippen LogP contribution is -2.35. The van der Waals surface area contributed by atoms with Crippen LogP contribution < -0.4 is 26.8 Å². The molecule has 15 nitrogen and oxygen atoms in total. The Labute approximate surface area is 378 Å². The van der Waals surface area contributed by atoms with Crippen molar-refractivity contribution in [2.45, 2.75) is 136 Å². The second-order valence-corrected chi connectivity index (χ2v) is 17.8. The lowest BCUT2D eigenvalue weighted by molar-refractivity contribution is -0.122. The van der Waals surface area contributed by atoms with Crippen LogP contribution in [-0.2, 0) is 34.7 Å². The van der Waals surface area contributed by atoms with E-state index < -0.39 is 32.1 Å². The van der Waals surface area contributed by atoms with Crippen LogP contribution in [0.15, 0.2) is 75.4 Å². The fraction of sp³-hybridized carbons (Fsp3) is 0.500. The lowest BCUT2D eigenvalue weighted by atomic mass is 10.0. The molecule has 5 rings (SSSR count). The predicted octanol–water partition coefficient (Wildman–Crippen LogP) is 6.95. The van der Waals surface area contributed by atoms with Crippen molar-refractivity contribution in [3.63, 3.8) is 0 Å². The quantitative estimate of drug-likeness (QED) is 0.0227. The lowest BCUT2D eigenvalue weighted by Gasteiger charge is -2.36. The highest BCUT2D eigenvalue weighted by molar-refractivity contribution is 7.45. The first-order valence-corrected chi connectivity index (χ1v) is 23.6. The summed E-state index contributed by atoms with van der Waals surface area (Å²) in [5.74, 6) is 6.08. The van der Waals surface area contributed by atoms with Crippen molar-refractivity contribution in [3.05, 3.63) is 104 Å². The van der Waals surface area contributed by atoms with E-state index in [1.165, 1.54) is 29.3 Å². The molecule has 2 aliphatic rings. The van der Waals surface area contributed by atoms with Crippen molar-refractivity contribution in [2.75, 3.05) is 24.5 Å². The van der Waals surface area contributed by atoms with Crippen LogP contribution in [0.2, 0.25) is 0 Å². The molecule has 64 heavy (non-hydrogen) atoms. The fourth-order valence-corrected chi connectivity index (χ4v) is 9.21. The molecule has 0 aliphatic carbocycles. The molecular formula is C48H64N7O8P. The zero-order valence-corrected chi connectivity index (χ0v) is 38.9. The highest BCUT2D eigenvalue weighted by Gasteiger charge is 2.40. The summed E-state index contributed by atoms with van der Waals surface area (Å²) in [5, 5.41) is 5.81. The number of nitrogens with one attached hydrogen (secondary N) is 3. The molecule has 2 aliphatic heterocycles. The molecule has 344 valence electrons. The van der Waals surface area contributed by atoms with Gasteiger partial charge in [-0.25, -0.2) is 9.46 Å². The van der Waals surface area contributed by atoms with Crippen molar-refractivity contribution in [1.29, 1.82) is 0 Å². The van der Waals surface area contributed by atoms with Gasteiger partial charge in [-0.2, -0.15) is 0 Å². The van der Waals surface area contributed by atoms with E-state index in [0.29, 0.717) is 58.3 Å². The van der Waals surface area contributed by atoms with Gasteiger partial charge in [0.15, 0.2) is 6.40 Å². The molecule has 0 radical (unpaired) electrons. The summed E-state index contributed by atoms with van der Waals surface area (Å²) in [6, 6.07) is 15.9. The Morgan fingerprint density at radius 1 is 0.938 bits per heavy atom. The maximum atomic E-state index is 13.4. The molecule has 1 unspecified atom stereocenters. The van der Waals surface area contributed by atoms with E-state index in [1.54, 1.807) is 0 Å². The van der Waals surface area contributed by atoms with Crippen LogP contribution in [-0.4, -0.2) is 82.3 Å². The predicted molar refractivity (Wildman–Crippen MR) is 252 cm³/mol. The van der Waals surface area contributed by atoms with Gasteiger partial charge in [-0.1, -0.05) is 55.0 Å². The Morgan fingerprint density at radius 3 is 2.34 bits per heavy atom. The van der Waals surface area contributed by atoms with E-state index in [0.717, 1.165) is 48.1 Å². The maximum Gasteiger partial charge on any atom is 0.330 e. The number of unbranched alkanes of at least 4 members (excludes halogenated alkanes) is 4. The number of nitrogens with zero attached hydrogens (tertiary/aromatic N) is 4. The number of ether oxygens (including phenoxy) is 1. The average Bonchev–Trinajstić information content (AvgIpc) is 3.62. The summed E-state index contributed by atoms with van der Waals surface area (Å²) >= 11 is 0. The van der Waals surface area contributed by atoms with Gasteiger partial charge < -0.3 is 29.3 Å². The van der Waals surface area contributed by atoms with Gasteiger partial charge in [0.1, 0.15) is 6.23 Å². The van der Waals surface area contributed by atoms with Crippen LogP contribution >= 0.6 is 8.53 Å². The Balaban J connectivity index is 0.974. The first kappa shape index (κ1) is 49.6. The van der Waals surface area contributed by atoms with Gasteiger partial charge in [-0.15, -0.1) is 0 Å². The number of carbonyl (C=O) groups is 3. The topological polar surface area (TPSA) is 177 Å². The van der Waals surface area contributed by atoms with Crippen LogP contribution in [0, 0.1) is 11.8 Å². The molecule has 3 amide bonds. The van der Waals surface area contributed by atoms with Crippen molar-refractivity contribution in [1.82, 2.24) is 24.9 Å². The molecule has 1 aromatic heterocycles. The molecule has 0 saturated carbocycles. The molecule has 3 aromatic rings. The number of aliphatic imine (C=N–C) groups is 1. The smallest absolute Gasteiger partial charge is 0.330 e. The third-order valence-corrected chi connectivity index (χ3v) is 12.9. The Hall–Kier alpha value is -5.39. The molecule has 3 N–H and O–H groups in total. The largest absolute Gasteiger partial charge is 0.425 e. The second-order valence-electron chi connectivity index (χ2n) is 16.4. The van der Waals surface area contributed by atoms with Crippen molar-refractivity contribution in [3.8, 4) is 11.8 Å². The number of hydrogen-bond acceptors (Lipinski definition) is 10. The highest BCUT2D eigenvalue weighted by atomic mass is 31.2. The van der Waals surface area contributed by atoms with Gasteiger partial charge >= 0.3 is 14.2 Å². The number of fused-ring (bicyclic) bond motifs is 2. The number of para-hydroxylation sites is 1. The van der Waals surface area contributed by atoms with Gasteiger partial charge in [-0.3, -0.25) is 33.7 Å². The number of anilines is 1. The normalized spacial score (nSPS) is 17.5. The highest BCUT2D eigenvalue weighted by Crippen LogP contribution is 2.49. The third-order valence-electron chi connectivity index (χ3n) is 10.9. The summed E-state index contributed by atoms with van der Waals surface area (Å²) < 4.78 is 22.1. The summed E-state index contributed by atoms with van der Waals surface area (Å²) in [5.41, 5.74) is 2.45. The first-order valence-electron chi connectivity index (χ1n) is 22.5. The minimum Gasteiger partial charge on any atom is -0.425 e. The molecule has 4 atom stereocenters. The number of aromatic nitrogens is 2. The summed E-state index contributed by atoms with van der Waals surface area (Å²) in [4.78, 5) is 72.5. The maximum absolute atomic E-state index is 13.4. The molecule has 1 saturated heterocycles. The molecule has 3 heterocycles. The summed E-state index contributed by atoms with van der Waals surface area (Å²) in [7, 11) is -1.53. The zero-order valence-electron chi connectivity index (χ0n) is 38.0. The monoisotopic (exact) mass is 897 g/mol. The van der Waals surface area contributed by atoms with Crippen LogP contribution in [0.4, 0.5) is 5.69 Å². The van der Waals surface area contributed by atoms with E-state index in [2.05, 4.69) is 64.8 Å². The van der Waals surface area contributed by atoms with Crippen molar-refractivity contribution < 1.29 is 28.2 Å². The number of aromatic amines is 1. The zero-order chi connectivity index (χ0) is 46.0. The summed E-state index contributed by atoms with van der Waals surface area (Å²) in [6.45, 7) is 14.1. The molecule has 0 bridgehead atoms. The SMILES string of the molecule is CCN=COP(O[C@@H]1C[C@H](n2cc(/C=C/C(=O)NCCCCCCNC(=O)CCCCC(=O)N3Cc4ccccc4C#Cc4ccccc43)c(=O)[nH]c2=O)O[C@@H]1C)N(C(C)C)C(C)C. The number of H-pyrrole nitrogens is 1. The van der Waals surface area contributed by atoms with Gasteiger partial charge in [0, 0.05) is 74.4 Å². The molecule has 0 spiro atoms. The Morgan fingerprint density at radius 2 is 1.61 bits per heavy atom. The van der Waals surface area contributed by atoms with Crippen LogP contribution in [0.5, 0.6) is 0 Å². The molecule has 16 heteroatoms. The van der Waals surface area contributed by atoms with Gasteiger partial charge in [-0.05, 0) is 97.1 Å². The molecular weight excluding hydrogens is 834 g/mol. The number of benzene rings is 2. The van der Waals surface area contributed by atoms with Gasteiger partial charge in [0.2, 0.25) is 17.7 Å². The number of amides is 3. The van der Waals surface area contributed by atoms with Crippen LogP contribution in [0.3, 0.4) is 0 Å². The average molecular weight is 898 g/mol. The van der Waals surface area contributed by atoms with Gasteiger partial charge in [0.25, 0.3) is 5.56 Å². The Kier molecular flexibility index (Phi) is 19.5. The number of carbonyl (C=O) groups excluding carboxylic acids is 3.